The first-order chi connectivity index (χ1) is 12.6. The second kappa shape index (κ2) is 8.24. The molecular weight excluding hydrogens is 330 g/mol. The highest BCUT2D eigenvalue weighted by molar-refractivity contribution is 5.85. The third-order valence-corrected chi connectivity index (χ3v) is 4.21. The topological polar surface area (TPSA) is 90.7 Å². The van der Waals surface area contributed by atoms with Gasteiger partial charge in [-0.2, -0.15) is 0 Å². The molecule has 0 saturated carbocycles. The lowest BCUT2D eigenvalue weighted by molar-refractivity contribution is -0.129. The average Bonchev–Trinajstić information content (AvgIpc) is 3.16. The van der Waals surface area contributed by atoms with E-state index >= 15 is 0 Å². The molecule has 4 N–H and O–H groups in total. The molecule has 0 radical (unpaired) electrons. The standard InChI is InChI=1S/C19H23N5O2/c20-16-9-7-15(8-10-16)13-21-19(26)22-14-18(25)24-12-4-11-23(24)17-5-2-1-3-6-17/h1-3,5-10H,4,11-14,20H2,(H2,21,22,26). The van der Waals surface area contributed by atoms with Gasteiger partial charge in [-0.05, 0) is 36.2 Å². The van der Waals surface area contributed by atoms with Crippen molar-refractivity contribution in [1.29, 1.82) is 0 Å². The Morgan fingerprint density at radius 3 is 2.42 bits per heavy atom. The fourth-order valence-electron chi connectivity index (χ4n) is 2.87. The Labute approximate surface area is 152 Å². The fraction of sp³-hybridized carbons (Fsp3) is 0.263. The van der Waals surface area contributed by atoms with Gasteiger partial charge in [-0.15, -0.1) is 0 Å². The molecule has 0 spiro atoms. The summed E-state index contributed by atoms with van der Waals surface area (Å²) in [5.74, 6) is -0.131. The zero-order chi connectivity index (χ0) is 18.4. The molecule has 0 atom stereocenters. The van der Waals surface area contributed by atoms with E-state index in [1.165, 1.54) is 0 Å². The fourth-order valence-corrected chi connectivity index (χ4v) is 2.87. The number of nitrogens with zero attached hydrogens (tertiary/aromatic N) is 2. The normalized spacial score (nSPS) is 13.5. The summed E-state index contributed by atoms with van der Waals surface area (Å²) >= 11 is 0. The van der Waals surface area contributed by atoms with Crippen LogP contribution in [-0.2, 0) is 11.3 Å². The van der Waals surface area contributed by atoms with Crippen LogP contribution in [0.15, 0.2) is 54.6 Å². The van der Waals surface area contributed by atoms with E-state index < -0.39 is 0 Å². The lowest BCUT2D eigenvalue weighted by Crippen LogP contribution is -2.48. The van der Waals surface area contributed by atoms with Gasteiger partial charge in [0.25, 0.3) is 5.91 Å². The van der Waals surface area contributed by atoms with Gasteiger partial charge in [-0.1, -0.05) is 30.3 Å². The molecule has 1 aliphatic heterocycles. The highest BCUT2D eigenvalue weighted by Crippen LogP contribution is 2.21. The SMILES string of the molecule is Nc1ccc(CNC(=O)NCC(=O)N2CCCN2c2ccccc2)cc1. The van der Waals surface area contributed by atoms with Crippen molar-refractivity contribution in [3.63, 3.8) is 0 Å². The molecule has 3 rings (SSSR count). The van der Waals surface area contributed by atoms with Crippen molar-refractivity contribution >= 4 is 23.3 Å². The zero-order valence-electron chi connectivity index (χ0n) is 14.5. The number of hydrogen-bond donors (Lipinski definition) is 3. The number of carbonyl (C=O) groups is 2. The van der Waals surface area contributed by atoms with Gasteiger partial charge >= 0.3 is 6.03 Å². The van der Waals surface area contributed by atoms with Crippen LogP contribution < -0.4 is 21.4 Å². The number of benzene rings is 2. The van der Waals surface area contributed by atoms with Crippen molar-refractivity contribution in [2.75, 3.05) is 30.4 Å². The van der Waals surface area contributed by atoms with E-state index in [2.05, 4.69) is 10.6 Å². The molecule has 0 aromatic heterocycles. The molecule has 2 aromatic carbocycles. The number of nitrogens with one attached hydrogen (secondary N) is 2. The van der Waals surface area contributed by atoms with E-state index in [9.17, 15) is 9.59 Å². The number of para-hydroxylation sites is 1. The van der Waals surface area contributed by atoms with Crippen LogP contribution in [-0.4, -0.2) is 36.6 Å². The number of rotatable bonds is 5. The van der Waals surface area contributed by atoms with Gasteiger partial charge < -0.3 is 16.4 Å². The minimum absolute atomic E-state index is 0.0447. The molecule has 3 amide bonds. The van der Waals surface area contributed by atoms with Gasteiger partial charge in [0.1, 0.15) is 6.54 Å². The molecule has 0 aliphatic carbocycles. The van der Waals surface area contributed by atoms with Crippen LogP contribution >= 0.6 is 0 Å². The summed E-state index contributed by atoms with van der Waals surface area (Å²) in [6, 6.07) is 16.7. The molecule has 1 fully saturated rings. The number of hydrazine groups is 1. The molecule has 7 heteroatoms. The lowest BCUT2D eigenvalue weighted by Gasteiger charge is -2.29. The van der Waals surface area contributed by atoms with Crippen molar-refractivity contribution in [3.05, 3.63) is 60.2 Å². The molecule has 2 aromatic rings. The largest absolute Gasteiger partial charge is 0.399 e. The second-order valence-corrected chi connectivity index (χ2v) is 6.11. The van der Waals surface area contributed by atoms with E-state index in [4.69, 9.17) is 5.73 Å². The number of carbonyl (C=O) groups excluding carboxylic acids is 2. The number of amides is 3. The maximum absolute atomic E-state index is 12.5. The van der Waals surface area contributed by atoms with Crippen molar-refractivity contribution in [3.8, 4) is 0 Å². The maximum Gasteiger partial charge on any atom is 0.315 e. The lowest BCUT2D eigenvalue weighted by atomic mass is 10.2. The Hall–Kier alpha value is -3.22. The summed E-state index contributed by atoms with van der Waals surface area (Å²) in [5.41, 5.74) is 8.23. The van der Waals surface area contributed by atoms with Crippen molar-refractivity contribution in [2.45, 2.75) is 13.0 Å². The summed E-state index contributed by atoms with van der Waals surface area (Å²) < 4.78 is 0. The van der Waals surface area contributed by atoms with Gasteiger partial charge in [-0.25, -0.2) is 4.79 Å². The van der Waals surface area contributed by atoms with E-state index in [1.54, 1.807) is 17.1 Å². The zero-order valence-corrected chi connectivity index (χ0v) is 14.5. The van der Waals surface area contributed by atoms with E-state index in [1.807, 2.05) is 47.5 Å². The first kappa shape index (κ1) is 17.6. The number of anilines is 2. The van der Waals surface area contributed by atoms with Crippen molar-refractivity contribution < 1.29 is 9.59 Å². The molecule has 0 bridgehead atoms. The second-order valence-electron chi connectivity index (χ2n) is 6.11. The van der Waals surface area contributed by atoms with Crippen LogP contribution in [0.3, 0.4) is 0 Å². The predicted molar refractivity (Wildman–Crippen MR) is 101 cm³/mol. The van der Waals surface area contributed by atoms with Gasteiger partial charge in [0.05, 0.1) is 5.69 Å². The quantitative estimate of drug-likeness (QED) is 0.714. The van der Waals surface area contributed by atoms with Crippen molar-refractivity contribution in [1.82, 2.24) is 15.6 Å². The third-order valence-electron chi connectivity index (χ3n) is 4.21. The molecule has 1 saturated heterocycles. The molecule has 7 nitrogen and oxygen atoms in total. The third kappa shape index (κ3) is 4.44. The molecule has 1 aliphatic rings. The average molecular weight is 353 g/mol. The first-order valence-electron chi connectivity index (χ1n) is 8.62. The molecule has 136 valence electrons. The summed E-state index contributed by atoms with van der Waals surface area (Å²) in [6.07, 6.45) is 0.907. The van der Waals surface area contributed by atoms with E-state index in [0.717, 1.165) is 24.2 Å². The highest BCUT2D eigenvalue weighted by atomic mass is 16.2. The monoisotopic (exact) mass is 353 g/mol. The van der Waals surface area contributed by atoms with Crippen molar-refractivity contribution in [2.24, 2.45) is 0 Å². The highest BCUT2D eigenvalue weighted by Gasteiger charge is 2.26. The van der Waals surface area contributed by atoms with Crippen LogP contribution in [0.2, 0.25) is 0 Å². The van der Waals surface area contributed by atoms with Gasteiger partial charge in [0.15, 0.2) is 0 Å². The minimum atomic E-state index is -0.374. The Bertz CT molecular complexity index is 748. The van der Waals surface area contributed by atoms with Crippen LogP contribution in [0.4, 0.5) is 16.2 Å². The van der Waals surface area contributed by atoms with Gasteiger partial charge in [-0.3, -0.25) is 14.8 Å². The smallest absolute Gasteiger partial charge is 0.315 e. The van der Waals surface area contributed by atoms with E-state index in [-0.39, 0.29) is 18.5 Å². The first-order valence-corrected chi connectivity index (χ1v) is 8.62. The Morgan fingerprint density at radius 1 is 0.962 bits per heavy atom. The number of urea groups is 1. The number of nitrogen functional groups attached to an aromatic ring is 1. The summed E-state index contributed by atoms with van der Waals surface area (Å²) in [5, 5.41) is 9.00. The summed E-state index contributed by atoms with van der Waals surface area (Å²) in [7, 11) is 0. The molecule has 26 heavy (non-hydrogen) atoms. The minimum Gasteiger partial charge on any atom is -0.399 e. The van der Waals surface area contributed by atoms with Crippen LogP contribution in [0.25, 0.3) is 0 Å². The predicted octanol–water partition coefficient (Wildman–Crippen LogP) is 1.72. The molecule has 0 unspecified atom stereocenters. The maximum atomic E-state index is 12.5. The number of nitrogens with two attached hydrogens (primary N) is 1. The Kier molecular flexibility index (Phi) is 5.58. The summed E-state index contributed by atoms with van der Waals surface area (Å²) in [4.78, 5) is 24.4. The number of hydrogen-bond acceptors (Lipinski definition) is 4. The Morgan fingerprint density at radius 2 is 1.69 bits per heavy atom. The molecule has 1 heterocycles. The van der Waals surface area contributed by atoms with E-state index in [0.29, 0.717) is 18.8 Å². The van der Waals surface area contributed by atoms with Crippen LogP contribution in [0.1, 0.15) is 12.0 Å². The van der Waals surface area contributed by atoms with Crippen LogP contribution in [0, 0.1) is 0 Å². The van der Waals surface area contributed by atoms with Gasteiger partial charge in [0.2, 0.25) is 0 Å². The molecular formula is C19H23N5O2. The van der Waals surface area contributed by atoms with Crippen LogP contribution in [0.5, 0.6) is 0 Å². The Balaban J connectivity index is 1.47. The van der Waals surface area contributed by atoms with Gasteiger partial charge in [0, 0.05) is 25.3 Å². The summed E-state index contributed by atoms with van der Waals surface area (Å²) in [6.45, 7) is 1.78.